The molecule has 0 radical (unpaired) electrons. The third kappa shape index (κ3) is 7.78. The molecule has 0 aromatic rings. The van der Waals surface area contributed by atoms with E-state index in [2.05, 4.69) is 19.2 Å². The van der Waals surface area contributed by atoms with Crippen molar-refractivity contribution in [3.63, 3.8) is 0 Å². The molecule has 0 fully saturated rings. The van der Waals surface area contributed by atoms with Crippen LogP contribution in [0.25, 0.3) is 0 Å². The van der Waals surface area contributed by atoms with E-state index in [1.54, 1.807) is 7.05 Å². The Bertz CT molecular complexity index is 126. The standard InChI is InChI=1S/C8H18N2O.C2H6/c1-4-6(2)5-7(9)8(11)10-3;1-2/h6-7H,4-5,9H2,1-3H3,(H,10,11);1-2H3/t6?,7-;/m0./s1. The van der Waals surface area contributed by atoms with Gasteiger partial charge in [-0.1, -0.05) is 34.1 Å². The summed E-state index contributed by atoms with van der Waals surface area (Å²) in [5, 5.41) is 2.53. The third-order valence-electron chi connectivity index (χ3n) is 1.94. The number of nitrogens with two attached hydrogens (primary N) is 1. The molecule has 13 heavy (non-hydrogen) atoms. The number of hydrogen-bond acceptors (Lipinski definition) is 2. The second-order valence-corrected chi connectivity index (χ2v) is 2.97. The second kappa shape index (κ2) is 9.52. The molecule has 1 unspecified atom stereocenters. The van der Waals surface area contributed by atoms with Crippen LogP contribution in [0.2, 0.25) is 0 Å². The highest BCUT2D eigenvalue weighted by Gasteiger charge is 2.13. The average molecular weight is 188 g/mol. The molecular formula is C10H24N2O. The van der Waals surface area contributed by atoms with Crippen LogP contribution in [0.1, 0.15) is 40.5 Å². The van der Waals surface area contributed by atoms with E-state index in [0.717, 1.165) is 12.8 Å². The summed E-state index contributed by atoms with van der Waals surface area (Å²) in [5.41, 5.74) is 5.59. The van der Waals surface area contributed by atoms with Crippen molar-refractivity contribution in [2.75, 3.05) is 7.05 Å². The van der Waals surface area contributed by atoms with E-state index >= 15 is 0 Å². The third-order valence-corrected chi connectivity index (χ3v) is 1.94. The van der Waals surface area contributed by atoms with Gasteiger partial charge in [0, 0.05) is 7.05 Å². The van der Waals surface area contributed by atoms with Crippen LogP contribution in [0.3, 0.4) is 0 Å². The monoisotopic (exact) mass is 188 g/mol. The van der Waals surface area contributed by atoms with Crippen molar-refractivity contribution >= 4 is 5.91 Å². The summed E-state index contributed by atoms with van der Waals surface area (Å²) in [4.78, 5) is 10.9. The normalized spacial score (nSPS) is 13.7. The van der Waals surface area contributed by atoms with Crippen LogP contribution in [0.5, 0.6) is 0 Å². The van der Waals surface area contributed by atoms with E-state index in [9.17, 15) is 4.79 Å². The fourth-order valence-corrected chi connectivity index (χ4v) is 0.893. The SMILES string of the molecule is CC.CCC(C)C[C@H](N)C(=O)NC. The van der Waals surface area contributed by atoms with E-state index < -0.39 is 0 Å². The van der Waals surface area contributed by atoms with Gasteiger partial charge in [-0.25, -0.2) is 0 Å². The van der Waals surface area contributed by atoms with Gasteiger partial charge in [-0.05, 0) is 12.3 Å². The molecule has 3 N–H and O–H groups in total. The van der Waals surface area contributed by atoms with Gasteiger partial charge in [0.15, 0.2) is 0 Å². The van der Waals surface area contributed by atoms with E-state index in [1.165, 1.54) is 0 Å². The Morgan fingerprint density at radius 2 is 1.92 bits per heavy atom. The highest BCUT2D eigenvalue weighted by molar-refractivity contribution is 5.81. The minimum Gasteiger partial charge on any atom is -0.358 e. The molecule has 0 aromatic heterocycles. The van der Waals surface area contributed by atoms with Crippen LogP contribution < -0.4 is 11.1 Å². The maximum absolute atomic E-state index is 10.9. The Morgan fingerprint density at radius 3 is 2.23 bits per heavy atom. The molecule has 2 atom stereocenters. The number of carbonyl (C=O) groups is 1. The lowest BCUT2D eigenvalue weighted by Crippen LogP contribution is -2.39. The van der Waals surface area contributed by atoms with E-state index in [-0.39, 0.29) is 11.9 Å². The zero-order chi connectivity index (χ0) is 10.9. The molecule has 0 saturated heterocycles. The van der Waals surface area contributed by atoms with Gasteiger partial charge in [0.25, 0.3) is 0 Å². The number of carbonyl (C=O) groups excluding carboxylic acids is 1. The summed E-state index contributed by atoms with van der Waals surface area (Å²) in [6, 6.07) is -0.338. The zero-order valence-electron chi connectivity index (χ0n) is 9.55. The zero-order valence-corrected chi connectivity index (χ0v) is 9.55. The highest BCUT2D eigenvalue weighted by Crippen LogP contribution is 2.07. The van der Waals surface area contributed by atoms with Gasteiger partial charge in [-0.15, -0.1) is 0 Å². The van der Waals surface area contributed by atoms with Crippen LogP contribution in [0, 0.1) is 5.92 Å². The van der Waals surface area contributed by atoms with Crippen molar-refractivity contribution in [1.82, 2.24) is 5.32 Å². The molecule has 0 heterocycles. The lowest BCUT2D eigenvalue weighted by Gasteiger charge is -2.13. The average Bonchev–Trinajstić information content (AvgIpc) is 2.19. The fourth-order valence-electron chi connectivity index (χ4n) is 0.893. The minimum atomic E-state index is -0.338. The maximum Gasteiger partial charge on any atom is 0.236 e. The Hall–Kier alpha value is -0.570. The van der Waals surface area contributed by atoms with Gasteiger partial charge in [0.05, 0.1) is 6.04 Å². The van der Waals surface area contributed by atoms with E-state index in [1.807, 2.05) is 13.8 Å². The Morgan fingerprint density at radius 1 is 1.46 bits per heavy atom. The predicted octanol–water partition coefficient (Wildman–Crippen LogP) is 1.52. The molecule has 3 nitrogen and oxygen atoms in total. The highest BCUT2D eigenvalue weighted by atomic mass is 16.2. The van der Waals surface area contributed by atoms with Crippen LogP contribution in [0.4, 0.5) is 0 Å². The summed E-state index contributed by atoms with van der Waals surface area (Å²) < 4.78 is 0. The molecule has 1 amide bonds. The molecule has 0 rings (SSSR count). The summed E-state index contributed by atoms with van der Waals surface area (Å²) in [6.45, 7) is 8.20. The molecular weight excluding hydrogens is 164 g/mol. The maximum atomic E-state index is 10.9. The van der Waals surface area contributed by atoms with Crippen LogP contribution >= 0.6 is 0 Å². The van der Waals surface area contributed by atoms with E-state index in [4.69, 9.17) is 5.73 Å². The topological polar surface area (TPSA) is 55.1 Å². The molecule has 0 aliphatic rings. The first-order chi connectivity index (χ1) is 6.11. The number of amides is 1. The second-order valence-electron chi connectivity index (χ2n) is 2.97. The molecule has 80 valence electrons. The van der Waals surface area contributed by atoms with Crippen molar-refractivity contribution in [3.8, 4) is 0 Å². The van der Waals surface area contributed by atoms with Crippen molar-refractivity contribution in [3.05, 3.63) is 0 Å². The van der Waals surface area contributed by atoms with Crippen LogP contribution in [-0.4, -0.2) is 19.0 Å². The first-order valence-corrected chi connectivity index (χ1v) is 5.09. The lowest BCUT2D eigenvalue weighted by atomic mass is 9.99. The molecule has 0 bridgehead atoms. The smallest absolute Gasteiger partial charge is 0.236 e. The van der Waals surface area contributed by atoms with Gasteiger partial charge < -0.3 is 11.1 Å². The lowest BCUT2D eigenvalue weighted by molar-refractivity contribution is -0.122. The summed E-state index contributed by atoms with van der Waals surface area (Å²) in [7, 11) is 1.61. The van der Waals surface area contributed by atoms with Crippen LogP contribution in [-0.2, 0) is 4.79 Å². The number of hydrogen-bond donors (Lipinski definition) is 2. The molecule has 0 spiro atoms. The summed E-state index contributed by atoms with van der Waals surface area (Å²) in [6.07, 6.45) is 1.85. The van der Waals surface area contributed by atoms with E-state index in [0.29, 0.717) is 5.92 Å². The molecule has 0 saturated carbocycles. The first-order valence-electron chi connectivity index (χ1n) is 5.09. The summed E-state index contributed by atoms with van der Waals surface area (Å²) >= 11 is 0. The van der Waals surface area contributed by atoms with Crippen molar-refractivity contribution in [1.29, 1.82) is 0 Å². The quantitative estimate of drug-likeness (QED) is 0.703. The number of rotatable bonds is 4. The minimum absolute atomic E-state index is 0.0645. The fraction of sp³-hybridized carbons (Fsp3) is 0.900. The largest absolute Gasteiger partial charge is 0.358 e. The molecule has 0 aromatic carbocycles. The van der Waals surface area contributed by atoms with Crippen molar-refractivity contribution in [2.24, 2.45) is 11.7 Å². The Labute approximate surface area is 82.1 Å². The summed E-state index contributed by atoms with van der Waals surface area (Å²) in [5.74, 6) is 0.465. The van der Waals surface area contributed by atoms with Crippen molar-refractivity contribution < 1.29 is 4.79 Å². The molecule has 0 aliphatic carbocycles. The van der Waals surface area contributed by atoms with Gasteiger partial charge in [-0.3, -0.25) is 4.79 Å². The van der Waals surface area contributed by atoms with Gasteiger partial charge in [0.1, 0.15) is 0 Å². The molecule has 0 aliphatic heterocycles. The Balaban J connectivity index is 0. The number of likely N-dealkylation sites (N-methyl/N-ethyl adjacent to an activating group) is 1. The number of nitrogens with one attached hydrogen (secondary N) is 1. The van der Waals surface area contributed by atoms with Gasteiger partial charge in [0.2, 0.25) is 5.91 Å². The van der Waals surface area contributed by atoms with Gasteiger partial charge >= 0.3 is 0 Å². The predicted molar refractivity (Wildman–Crippen MR) is 57.5 cm³/mol. The van der Waals surface area contributed by atoms with Gasteiger partial charge in [-0.2, -0.15) is 0 Å². The van der Waals surface area contributed by atoms with Crippen molar-refractivity contribution in [2.45, 2.75) is 46.6 Å². The first kappa shape index (κ1) is 14.9. The van der Waals surface area contributed by atoms with Crippen LogP contribution in [0.15, 0.2) is 0 Å². The Kier molecular flexibility index (Phi) is 10.9. The molecule has 3 heteroatoms.